The van der Waals surface area contributed by atoms with Gasteiger partial charge in [0.25, 0.3) is 5.89 Å². The molecule has 0 saturated carbocycles. The summed E-state index contributed by atoms with van der Waals surface area (Å²) < 4.78 is 11.4. The predicted octanol–water partition coefficient (Wildman–Crippen LogP) is 2.65. The van der Waals surface area contributed by atoms with E-state index in [4.69, 9.17) is 14.4 Å². The molecule has 10 nitrogen and oxygen atoms in total. The lowest BCUT2D eigenvalue weighted by atomic mass is 10.0. The molecule has 0 aliphatic rings. The Balaban J connectivity index is 1.79. The Bertz CT molecular complexity index is 1160. The lowest BCUT2D eigenvalue weighted by molar-refractivity contribution is -0.124. The van der Waals surface area contributed by atoms with E-state index in [0.29, 0.717) is 23.9 Å². The van der Waals surface area contributed by atoms with Gasteiger partial charge in [0.2, 0.25) is 11.7 Å². The van der Waals surface area contributed by atoms with Crippen molar-refractivity contribution in [2.24, 2.45) is 0 Å². The van der Waals surface area contributed by atoms with E-state index in [1.807, 2.05) is 58.9 Å². The zero-order valence-electron chi connectivity index (χ0n) is 20.8. The van der Waals surface area contributed by atoms with Gasteiger partial charge in [-0.1, -0.05) is 12.1 Å². The van der Waals surface area contributed by atoms with E-state index in [9.17, 15) is 9.90 Å². The number of aryl methyl sites for hydroxylation is 3. The van der Waals surface area contributed by atoms with E-state index >= 15 is 0 Å². The average molecular weight is 484 g/mol. The molecule has 1 atom stereocenters. The van der Waals surface area contributed by atoms with Gasteiger partial charge in [0.15, 0.2) is 0 Å². The fourth-order valence-electron chi connectivity index (χ4n) is 3.59. The molecule has 1 amide bonds. The van der Waals surface area contributed by atoms with Gasteiger partial charge in [-0.15, -0.1) is 0 Å². The third-order valence-corrected chi connectivity index (χ3v) is 5.15. The maximum Gasteiger partial charge on any atom is 0.258 e. The first-order valence-corrected chi connectivity index (χ1v) is 11.6. The average Bonchev–Trinajstić information content (AvgIpc) is 3.31. The molecule has 0 unspecified atom stereocenters. The molecular formula is C25H33N5O5. The smallest absolute Gasteiger partial charge is 0.258 e. The maximum absolute atomic E-state index is 11.1. The number of rotatable bonds is 11. The molecule has 2 heterocycles. The first kappa shape index (κ1) is 26.1. The quantitative estimate of drug-likeness (QED) is 0.324. The van der Waals surface area contributed by atoms with Crippen molar-refractivity contribution >= 4 is 11.7 Å². The second kappa shape index (κ2) is 11.8. The van der Waals surface area contributed by atoms with Gasteiger partial charge in [-0.25, -0.2) is 4.98 Å². The number of nitrogens with zero attached hydrogens (tertiary/aromatic N) is 3. The number of carbonyl (C=O) groups excluding carboxylic acids is 1. The number of nitrogens with one attached hydrogen (secondary N) is 2. The van der Waals surface area contributed by atoms with Gasteiger partial charge in [-0.2, -0.15) is 4.98 Å². The Kier molecular flexibility index (Phi) is 8.78. The van der Waals surface area contributed by atoms with Crippen molar-refractivity contribution in [3.05, 3.63) is 41.1 Å². The first-order valence-electron chi connectivity index (χ1n) is 11.6. The molecule has 0 bridgehead atoms. The molecule has 0 aliphatic heterocycles. The summed E-state index contributed by atoms with van der Waals surface area (Å²) in [6, 6.07) is 7.88. The second-order valence-corrected chi connectivity index (χ2v) is 8.67. The molecular weight excluding hydrogens is 450 g/mol. The minimum atomic E-state index is -0.909. The van der Waals surface area contributed by atoms with Gasteiger partial charge in [0.1, 0.15) is 30.9 Å². The van der Waals surface area contributed by atoms with Crippen LogP contribution in [0.25, 0.3) is 22.8 Å². The largest absolute Gasteiger partial charge is 0.490 e. The molecule has 3 aromatic rings. The van der Waals surface area contributed by atoms with Crippen LogP contribution in [-0.2, 0) is 11.2 Å². The SMILES string of the molecule is CCc1cc(-c2noc(-c3cc(C)nc(NC(C)C)c3)n2)cc(C)c1OC[C@@H](O)CNC(=O)CO. The lowest BCUT2D eigenvalue weighted by Crippen LogP contribution is -2.36. The summed E-state index contributed by atoms with van der Waals surface area (Å²) in [7, 11) is 0. The number of anilines is 1. The highest BCUT2D eigenvalue weighted by Crippen LogP contribution is 2.31. The maximum atomic E-state index is 11.1. The van der Waals surface area contributed by atoms with Gasteiger partial charge in [-0.05, 0) is 69.5 Å². The fraction of sp³-hybridized carbons (Fsp3) is 0.440. The van der Waals surface area contributed by atoms with Crippen LogP contribution in [0, 0.1) is 13.8 Å². The highest BCUT2D eigenvalue weighted by Gasteiger charge is 2.17. The monoisotopic (exact) mass is 483 g/mol. The topological polar surface area (TPSA) is 143 Å². The molecule has 35 heavy (non-hydrogen) atoms. The van der Waals surface area contributed by atoms with E-state index in [1.54, 1.807) is 0 Å². The number of pyridine rings is 1. The van der Waals surface area contributed by atoms with Crippen LogP contribution < -0.4 is 15.4 Å². The highest BCUT2D eigenvalue weighted by molar-refractivity contribution is 5.76. The van der Waals surface area contributed by atoms with E-state index in [1.165, 1.54) is 0 Å². The normalized spacial score (nSPS) is 12.0. The van der Waals surface area contributed by atoms with Gasteiger partial charge in [0, 0.05) is 29.4 Å². The number of hydrogen-bond donors (Lipinski definition) is 4. The minimum Gasteiger partial charge on any atom is -0.490 e. The number of aliphatic hydroxyl groups is 2. The molecule has 3 rings (SSSR count). The van der Waals surface area contributed by atoms with Crippen LogP contribution in [0.15, 0.2) is 28.8 Å². The van der Waals surface area contributed by atoms with Gasteiger partial charge in [0.05, 0.1) is 0 Å². The van der Waals surface area contributed by atoms with Crippen molar-refractivity contribution in [2.45, 2.75) is 53.2 Å². The third-order valence-electron chi connectivity index (χ3n) is 5.15. The Morgan fingerprint density at radius 3 is 2.60 bits per heavy atom. The summed E-state index contributed by atoms with van der Waals surface area (Å²) >= 11 is 0. The van der Waals surface area contributed by atoms with Crippen LogP contribution in [0.5, 0.6) is 5.75 Å². The third kappa shape index (κ3) is 7.00. The van der Waals surface area contributed by atoms with Crippen molar-refractivity contribution in [1.82, 2.24) is 20.4 Å². The Morgan fingerprint density at radius 2 is 1.91 bits per heavy atom. The van der Waals surface area contributed by atoms with Gasteiger partial charge >= 0.3 is 0 Å². The standard InChI is InChI=1S/C25H33N5O5/c1-6-17-9-18(7-15(4)23(17)34-13-20(32)11-26-22(33)12-31)24-29-25(35-30-24)19-8-16(5)28-21(10-19)27-14(2)3/h7-10,14,20,31-32H,6,11-13H2,1-5H3,(H,26,33)(H,27,28)/t20-/m0/s1. The summed E-state index contributed by atoms with van der Waals surface area (Å²) in [6.45, 7) is 9.30. The van der Waals surface area contributed by atoms with Crippen LogP contribution in [0.3, 0.4) is 0 Å². The first-order chi connectivity index (χ1) is 16.7. The van der Waals surface area contributed by atoms with Crippen molar-refractivity contribution in [2.75, 3.05) is 25.1 Å². The number of hydrogen-bond acceptors (Lipinski definition) is 9. The number of aromatic nitrogens is 3. The van der Waals surface area contributed by atoms with E-state index < -0.39 is 18.6 Å². The van der Waals surface area contributed by atoms with Crippen molar-refractivity contribution in [3.63, 3.8) is 0 Å². The van der Waals surface area contributed by atoms with Crippen molar-refractivity contribution in [1.29, 1.82) is 0 Å². The molecule has 0 saturated heterocycles. The molecule has 4 N–H and O–H groups in total. The van der Waals surface area contributed by atoms with Gasteiger partial charge in [-0.3, -0.25) is 4.79 Å². The number of ether oxygens (including phenoxy) is 1. The molecule has 0 radical (unpaired) electrons. The van der Waals surface area contributed by atoms with Crippen molar-refractivity contribution in [3.8, 4) is 28.6 Å². The zero-order chi connectivity index (χ0) is 25.5. The van der Waals surface area contributed by atoms with Crippen LogP contribution >= 0.6 is 0 Å². The summed E-state index contributed by atoms with van der Waals surface area (Å²) in [5.41, 5.74) is 4.22. The number of carbonyl (C=O) groups is 1. The number of aliphatic hydroxyl groups excluding tert-OH is 2. The molecule has 2 aromatic heterocycles. The lowest BCUT2D eigenvalue weighted by Gasteiger charge is -2.17. The van der Waals surface area contributed by atoms with E-state index in [2.05, 4.69) is 25.8 Å². The summed E-state index contributed by atoms with van der Waals surface area (Å²) in [5, 5.41) is 28.7. The van der Waals surface area contributed by atoms with E-state index in [0.717, 1.165) is 33.8 Å². The molecule has 1 aromatic carbocycles. The van der Waals surface area contributed by atoms with Crippen LogP contribution in [-0.4, -0.2) is 63.1 Å². The predicted molar refractivity (Wildman–Crippen MR) is 132 cm³/mol. The fourth-order valence-corrected chi connectivity index (χ4v) is 3.59. The molecule has 0 spiro atoms. The van der Waals surface area contributed by atoms with Crippen LogP contribution in [0.4, 0.5) is 5.82 Å². The number of amides is 1. The molecule has 10 heteroatoms. The Morgan fingerprint density at radius 1 is 1.14 bits per heavy atom. The molecule has 0 aliphatic carbocycles. The zero-order valence-corrected chi connectivity index (χ0v) is 20.8. The Labute approximate surface area is 204 Å². The second-order valence-electron chi connectivity index (χ2n) is 8.67. The molecule has 188 valence electrons. The summed E-state index contributed by atoms with van der Waals surface area (Å²) in [4.78, 5) is 20.3. The van der Waals surface area contributed by atoms with Crippen LogP contribution in [0.2, 0.25) is 0 Å². The van der Waals surface area contributed by atoms with Gasteiger partial charge < -0.3 is 30.1 Å². The van der Waals surface area contributed by atoms with E-state index in [-0.39, 0.29) is 19.2 Å². The van der Waals surface area contributed by atoms with Crippen molar-refractivity contribution < 1.29 is 24.3 Å². The highest BCUT2D eigenvalue weighted by atomic mass is 16.5. The number of benzene rings is 1. The summed E-state index contributed by atoms with van der Waals surface area (Å²) in [6.07, 6.45) is -0.215. The Hall–Kier alpha value is -3.50. The minimum absolute atomic E-state index is 0.000602. The molecule has 0 fully saturated rings. The summed E-state index contributed by atoms with van der Waals surface area (Å²) in [5.74, 6) is 1.73. The van der Waals surface area contributed by atoms with Crippen LogP contribution in [0.1, 0.15) is 37.6 Å².